The van der Waals surface area contributed by atoms with E-state index >= 15 is 0 Å². The van der Waals surface area contributed by atoms with Crippen molar-refractivity contribution in [2.75, 3.05) is 12.4 Å². The molecule has 0 aromatic heterocycles. The molecule has 0 bridgehead atoms. The number of amides is 2. The second-order valence-electron chi connectivity index (χ2n) is 5.50. The first kappa shape index (κ1) is 17.5. The largest absolute Gasteiger partial charge is 0.497 e. The van der Waals surface area contributed by atoms with Gasteiger partial charge in [-0.15, -0.1) is 0 Å². The van der Waals surface area contributed by atoms with E-state index in [4.69, 9.17) is 10.5 Å². The Kier molecular flexibility index (Phi) is 5.52. The van der Waals surface area contributed by atoms with Crippen molar-refractivity contribution in [3.05, 3.63) is 59.4 Å². The molecule has 2 aromatic carbocycles. The summed E-state index contributed by atoms with van der Waals surface area (Å²) in [5.74, 6) is -1.38. The highest BCUT2D eigenvalue weighted by atomic mass is 19.1. The molecule has 0 fully saturated rings. The first-order valence-corrected chi connectivity index (χ1v) is 7.44. The molecule has 0 heterocycles. The van der Waals surface area contributed by atoms with E-state index in [9.17, 15) is 14.0 Å². The van der Waals surface area contributed by atoms with Gasteiger partial charge in [0.05, 0.1) is 12.7 Å². The minimum atomic E-state index is -0.880. The standard InChI is InChI=1S/C18H19FN2O3/c1-11(9-12-3-6-14(24-2)7-4-12)18(23)21-13-5-8-16(19)15(10-13)17(20)22/h3-8,10-11H,9H2,1-2H3,(H2,20,22)(H,21,23)/t11-/m0/s1. The quantitative estimate of drug-likeness (QED) is 0.854. The fourth-order valence-corrected chi connectivity index (χ4v) is 2.27. The predicted octanol–water partition coefficient (Wildman–Crippen LogP) is 2.75. The lowest BCUT2D eigenvalue weighted by molar-refractivity contribution is -0.119. The lowest BCUT2D eigenvalue weighted by Crippen LogP contribution is -2.22. The Morgan fingerprint density at radius 2 is 1.88 bits per heavy atom. The van der Waals surface area contributed by atoms with Crippen LogP contribution in [0.25, 0.3) is 0 Å². The predicted molar refractivity (Wildman–Crippen MR) is 89.4 cm³/mol. The van der Waals surface area contributed by atoms with Crippen LogP contribution in [0.5, 0.6) is 5.75 Å². The molecule has 2 amide bonds. The number of ether oxygens (including phenoxy) is 1. The molecule has 5 nitrogen and oxygen atoms in total. The van der Waals surface area contributed by atoms with Crippen molar-refractivity contribution < 1.29 is 18.7 Å². The average Bonchev–Trinajstić information content (AvgIpc) is 2.57. The third-order valence-corrected chi connectivity index (χ3v) is 3.65. The summed E-state index contributed by atoms with van der Waals surface area (Å²) in [5, 5.41) is 2.67. The van der Waals surface area contributed by atoms with Crippen LogP contribution in [-0.4, -0.2) is 18.9 Å². The highest BCUT2D eigenvalue weighted by Gasteiger charge is 2.16. The van der Waals surface area contributed by atoms with E-state index in [1.54, 1.807) is 14.0 Å². The van der Waals surface area contributed by atoms with Crippen molar-refractivity contribution in [3.8, 4) is 5.75 Å². The second-order valence-corrected chi connectivity index (χ2v) is 5.50. The van der Waals surface area contributed by atoms with E-state index in [-0.39, 0.29) is 17.4 Å². The Morgan fingerprint density at radius 1 is 1.21 bits per heavy atom. The van der Waals surface area contributed by atoms with Gasteiger partial charge >= 0.3 is 0 Å². The van der Waals surface area contributed by atoms with Crippen LogP contribution in [0.15, 0.2) is 42.5 Å². The van der Waals surface area contributed by atoms with Crippen molar-refractivity contribution in [1.29, 1.82) is 0 Å². The first-order valence-electron chi connectivity index (χ1n) is 7.44. The van der Waals surface area contributed by atoms with Gasteiger partial charge in [-0.1, -0.05) is 19.1 Å². The topological polar surface area (TPSA) is 81.4 Å². The highest BCUT2D eigenvalue weighted by Crippen LogP contribution is 2.18. The summed E-state index contributed by atoms with van der Waals surface area (Å²) in [6, 6.07) is 11.2. The normalized spacial score (nSPS) is 11.6. The minimum Gasteiger partial charge on any atom is -0.497 e. The van der Waals surface area contributed by atoms with Gasteiger partial charge in [0.2, 0.25) is 5.91 Å². The van der Waals surface area contributed by atoms with Crippen molar-refractivity contribution in [1.82, 2.24) is 0 Å². The third kappa shape index (κ3) is 4.32. The van der Waals surface area contributed by atoms with Gasteiger partial charge in [-0.2, -0.15) is 0 Å². The minimum absolute atomic E-state index is 0.229. The molecule has 0 aliphatic heterocycles. The van der Waals surface area contributed by atoms with Gasteiger partial charge in [0.15, 0.2) is 0 Å². The summed E-state index contributed by atoms with van der Waals surface area (Å²) in [6.07, 6.45) is 0.541. The Labute approximate surface area is 139 Å². The average molecular weight is 330 g/mol. The maximum absolute atomic E-state index is 13.4. The third-order valence-electron chi connectivity index (χ3n) is 3.65. The van der Waals surface area contributed by atoms with Gasteiger partial charge in [-0.05, 0) is 42.3 Å². The Morgan fingerprint density at radius 3 is 2.46 bits per heavy atom. The van der Waals surface area contributed by atoms with E-state index in [0.717, 1.165) is 17.4 Å². The van der Waals surface area contributed by atoms with E-state index in [1.807, 2.05) is 24.3 Å². The molecular weight excluding hydrogens is 311 g/mol. The number of anilines is 1. The van der Waals surface area contributed by atoms with E-state index < -0.39 is 11.7 Å². The molecule has 0 saturated carbocycles. The molecule has 3 N–H and O–H groups in total. The van der Waals surface area contributed by atoms with E-state index in [0.29, 0.717) is 12.1 Å². The summed E-state index contributed by atoms with van der Waals surface area (Å²) >= 11 is 0. The number of benzene rings is 2. The van der Waals surface area contributed by atoms with Crippen LogP contribution in [0.4, 0.5) is 10.1 Å². The van der Waals surface area contributed by atoms with Crippen molar-refractivity contribution in [3.63, 3.8) is 0 Å². The van der Waals surface area contributed by atoms with Crippen LogP contribution in [0.1, 0.15) is 22.8 Å². The number of rotatable bonds is 6. The number of halogens is 1. The summed E-state index contributed by atoms with van der Waals surface area (Å²) < 4.78 is 18.5. The highest BCUT2D eigenvalue weighted by molar-refractivity contribution is 5.97. The van der Waals surface area contributed by atoms with Crippen LogP contribution in [0.2, 0.25) is 0 Å². The number of carbonyl (C=O) groups excluding carboxylic acids is 2. The van der Waals surface area contributed by atoms with Gasteiger partial charge in [-0.25, -0.2) is 4.39 Å². The number of carbonyl (C=O) groups is 2. The lowest BCUT2D eigenvalue weighted by atomic mass is 10.00. The molecule has 126 valence electrons. The van der Waals surface area contributed by atoms with Crippen LogP contribution >= 0.6 is 0 Å². The molecular formula is C18H19FN2O3. The SMILES string of the molecule is COc1ccc(C[C@H](C)C(=O)Nc2ccc(F)c(C(N)=O)c2)cc1. The molecule has 2 aromatic rings. The van der Waals surface area contributed by atoms with E-state index in [1.165, 1.54) is 12.1 Å². The van der Waals surface area contributed by atoms with Crippen molar-refractivity contribution in [2.24, 2.45) is 11.7 Å². The van der Waals surface area contributed by atoms with Crippen LogP contribution in [-0.2, 0) is 11.2 Å². The fraction of sp³-hybridized carbons (Fsp3) is 0.222. The lowest BCUT2D eigenvalue weighted by Gasteiger charge is -2.13. The number of primary amides is 1. The Balaban J connectivity index is 2.03. The number of hydrogen-bond donors (Lipinski definition) is 2. The summed E-state index contributed by atoms with van der Waals surface area (Å²) in [7, 11) is 1.59. The van der Waals surface area contributed by atoms with Gasteiger partial charge < -0.3 is 15.8 Å². The maximum Gasteiger partial charge on any atom is 0.251 e. The number of nitrogens with two attached hydrogens (primary N) is 1. The Bertz CT molecular complexity index is 744. The van der Waals surface area contributed by atoms with Crippen LogP contribution in [0.3, 0.4) is 0 Å². The molecule has 24 heavy (non-hydrogen) atoms. The molecule has 0 aliphatic rings. The summed E-state index contributed by atoms with van der Waals surface area (Å²) in [5.41, 5.74) is 6.17. The van der Waals surface area contributed by atoms with Gasteiger partial charge in [0.25, 0.3) is 5.91 Å². The maximum atomic E-state index is 13.4. The fourth-order valence-electron chi connectivity index (χ4n) is 2.27. The molecule has 2 rings (SSSR count). The smallest absolute Gasteiger partial charge is 0.251 e. The zero-order valence-electron chi connectivity index (χ0n) is 13.5. The zero-order chi connectivity index (χ0) is 17.7. The Hall–Kier alpha value is -2.89. The van der Waals surface area contributed by atoms with E-state index in [2.05, 4.69) is 5.32 Å². The summed E-state index contributed by atoms with van der Waals surface area (Å²) in [4.78, 5) is 23.4. The molecule has 1 atom stereocenters. The zero-order valence-corrected chi connectivity index (χ0v) is 13.5. The summed E-state index contributed by atoms with van der Waals surface area (Å²) in [6.45, 7) is 1.79. The number of methoxy groups -OCH3 is 1. The molecule has 0 aliphatic carbocycles. The van der Waals surface area contributed by atoms with Gasteiger partial charge in [0.1, 0.15) is 11.6 Å². The first-order chi connectivity index (χ1) is 11.4. The molecule has 0 saturated heterocycles. The molecule has 0 spiro atoms. The second kappa shape index (κ2) is 7.59. The van der Waals surface area contributed by atoms with Gasteiger partial charge in [0, 0.05) is 11.6 Å². The van der Waals surface area contributed by atoms with Crippen molar-refractivity contribution in [2.45, 2.75) is 13.3 Å². The number of hydrogen-bond acceptors (Lipinski definition) is 3. The molecule has 6 heteroatoms. The van der Waals surface area contributed by atoms with Crippen LogP contribution < -0.4 is 15.8 Å². The number of nitrogens with one attached hydrogen (secondary N) is 1. The van der Waals surface area contributed by atoms with Gasteiger partial charge in [-0.3, -0.25) is 9.59 Å². The van der Waals surface area contributed by atoms with Crippen LogP contribution in [0, 0.1) is 11.7 Å². The monoisotopic (exact) mass is 330 g/mol. The molecule has 0 unspecified atom stereocenters. The van der Waals surface area contributed by atoms with Crippen molar-refractivity contribution >= 4 is 17.5 Å². The molecule has 0 radical (unpaired) electrons.